The molecule has 0 atom stereocenters. The molecule has 1 nitrogen and oxygen atoms in total. The maximum atomic E-state index is 6.54. The van der Waals surface area contributed by atoms with Crippen LogP contribution in [0.4, 0.5) is 0 Å². The second-order valence-electron chi connectivity index (χ2n) is 12.7. The second-order valence-corrected chi connectivity index (χ2v) is 12.7. The van der Waals surface area contributed by atoms with Gasteiger partial charge in [0, 0.05) is 0 Å². The van der Waals surface area contributed by atoms with Crippen LogP contribution in [0.2, 0.25) is 0 Å². The van der Waals surface area contributed by atoms with Crippen LogP contribution >= 0.6 is 0 Å². The fraction of sp³-hybridized carbons (Fsp3) is 0.760. The summed E-state index contributed by atoms with van der Waals surface area (Å²) >= 11 is 0. The van der Waals surface area contributed by atoms with Crippen molar-refractivity contribution in [3.8, 4) is 5.75 Å². The Morgan fingerprint density at radius 1 is 0.577 bits per heavy atom. The molecule has 0 unspecified atom stereocenters. The van der Waals surface area contributed by atoms with Crippen LogP contribution in [0.5, 0.6) is 5.75 Å². The van der Waals surface area contributed by atoms with Crippen molar-refractivity contribution in [3.05, 3.63) is 28.8 Å². The first kappa shape index (κ1) is 23.1. The monoisotopic (exact) mass is 360 g/mol. The molecule has 0 bridgehead atoms. The van der Waals surface area contributed by atoms with Gasteiger partial charge in [-0.1, -0.05) is 74.4 Å². The van der Waals surface area contributed by atoms with E-state index in [0.717, 1.165) is 25.0 Å². The summed E-state index contributed by atoms with van der Waals surface area (Å²) < 4.78 is 6.54. The molecule has 150 valence electrons. The lowest BCUT2D eigenvalue weighted by Gasteiger charge is -2.31. The molecule has 1 heteroatoms. The van der Waals surface area contributed by atoms with E-state index < -0.39 is 0 Å². The van der Waals surface area contributed by atoms with Crippen molar-refractivity contribution in [2.45, 2.75) is 108 Å². The molecule has 0 aromatic heterocycles. The van der Waals surface area contributed by atoms with Gasteiger partial charge in [0.1, 0.15) is 11.4 Å². The lowest BCUT2D eigenvalue weighted by molar-refractivity contribution is 0.126. The maximum absolute atomic E-state index is 6.54. The molecule has 1 aromatic rings. The van der Waals surface area contributed by atoms with Crippen molar-refractivity contribution in [1.82, 2.24) is 0 Å². The van der Waals surface area contributed by atoms with E-state index in [1.807, 2.05) is 0 Å². The molecule has 0 aliphatic rings. The van der Waals surface area contributed by atoms with Gasteiger partial charge in [0.05, 0.1) is 0 Å². The molecule has 0 saturated heterocycles. The quantitative estimate of drug-likeness (QED) is 0.536. The minimum atomic E-state index is -0.190. The van der Waals surface area contributed by atoms with Crippen LogP contribution in [0.25, 0.3) is 0 Å². The summed E-state index contributed by atoms with van der Waals surface area (Å²) in [4.78, 5) is 0. The number of benzene rings is 1. The fourth-order valence-corrected chi connectivity index (χ4v) is 3.38. The summed E-state index contributed by atoms with van der Waals surface area (Å²) in [5.74, 6) is 1.13. The van der Waals surface area contributed by atoms with Gasteiger partial charge in [-0.15, -0.1) is 0 Å². The van der Waals surface area contributed by atoms with Crippen LogP contribution in [0, 0.1) is 16.2 Å². The molecule has 0 N–H and O–H groups in total. The highest BCUT2D eigenvalue weighted by molar-refractivity contribution is 5.46. The summed E-state index contributed by atoms with van der Waals surface area (Å²) in [6, 6.07) is 4.81. The van der Waals surface area contributed by atoms with E-state index in [-0.39, 0.29) is 21.8 Å². The lowest BCUT2D eigenvalue weighted by Crippen LogP contribution is -2.26. The molecule has 0 fully saturated rings. The van der Waals surface area contributed by atoms with Gasteiger partial charge in [0.15, 0.2) is 0 Å². The van der Waals surface area contributed by atoms with Gasteiger partial charge >= 0.3 is 0 Å². The first-order valence-corrected chi connectivity index (χ1v) is 10.2. The molecule has 0 amide bonds. The molecular formula is C25H44O. The van der Waals surface area contributed by atoms with Crippen molar-refractivity contribution in [1.29, 1.82) is 0 Å². The lowest BCUT2D eigenvalue weighted by atomic mass is 9.80. The third kappa shape index (κ3) is 9.10. The standard InChI is InChI=1S/C25H44O/c1-22(2,3)15-18-13-19(16-23(4,5)6)21(26-25(10,11)12)20(14-18)17-24(7,8)9/h13-14H,15-17H2,1-12H3. The SMILES string of the molecule is CC(C)(C)Cc1cc(CC(C)(C)C)c(OC(C)(C)C)c(CC(C)(C)C)c1. The summed E-state index contributed by atoms with van der Waals surface area (Å²) in [6.07, 6.45) is 3.16. The smallest absolute Gasteiger partial charge is 0.126 e. The Morgan fingerprint density at radius 2 is 0.923 bits per heavy atom. The highest BCUT2D eigenvalue weighted by Gasteiger charge is 2.25. The Morgan fingerprint density at radius 3 is 1.19 bits per heavy atom. The molecule has 0 saturated carbocycles. The molecule has 0 spiro atoms. The number of rotatable bonds is 4. The number of hydrogen-bond donors (Lipinski definition) is 0. The third-order valence-corrected chi connectivity index (χ3v) is 3.89. The molecule has 0 heterocycles. The molecule has 0 aliphatic heterocycles. The molecule has 0 radical (unpaired) electrons. The van der Waals surface area contributed by atoms with E-state index in [1.165, 1.54) is 16.7 Å². The largest absolute Gasteiger partial charge is 0.488 e. The minimum Gasteiger partial charge on any atom is -0.488 e. The van der Waals surface area contributed by atoms with Crippen molar-refractivity contribution in [3.63, 3.8) is 0 Å². The Bertz CT molecular complexity index is 558. The second kappa shape index (κ2) is 7.56. The Balaban J connectivity index is 3.57. The zero-order valence-electron chi connectivity index (χ0n) is 19.7. The van der Waals surface area contributed by atoms with Crippen molar-refractivity contribution >= 4 is 0 Å². The molecule has 0 aliphatic carbocycles. The van der Waals surface area contributed by atoms with E-state index in [4.69, 9.17) is 4.74 Å². The third-order valence-electron chi connectivity index (χ3n) is 3.89. The average Bonchev–Trinajstić information content (AvgIpc) is 2.25. The fourth-order valence-electron chi connectivity index (χ4n) is 3.38. The van der Waals surface area contributed by atoms with Crippen LogP contribution in [0.1, 0.15) is 99.8 Å². The van der Waals surface area contributed by atoms with Gasteiger partial charge in [0.2, 0.25) is 0 Å². The van der Waals surface area contributed by atoms with Gasteiger partial charge in [-0.2, -0.15) is 0 Å². The maximum Gasteiger partial charge on any atom is 0.126 e. The predicted molar refractivity (Wildman–Crippen MR) is 116 cm³/mol. The molecule has 1 aromatic carbocycles. The summed E-state index contributed by atoms with van der Waals surface area (Å²) in [5, 5.41) is 0. The van der Waals surface area contributed by atoms with Gasteiger partial charge < -0.3 is 4.74 Å². The Hall–Kier alpha value is -0.980. The van der Waals surface area contributed by atoms with Crippen molar-refractivity contribution < 1.29 is 4.74 Å². The van der Waals surface area contributed by atoms with Crippen LogP contribution in [-0.4, -0.2) is 5.60 Å². The van der Waals surface area contributed by atoms with Crippen molar-refractivity contribution in [2.75, 3.05) is 0 Å². The zero-order valence-corrected chi connectivity index (χ0v) is 19.7. The van der Waals surface area contributed by atoms with Gasteiger partial charge in [-0.3, -0.25) is 0 Å². The summed E-state index contributed by atoms with van der Waals surface area (Å²) in [5.41, 5.74) is 4.74. The molecule has 1 rings (SSSR count). The zero-order chi connectivity index (χ0) is 20.6. The van der Waals surface area contributed by atoms with Crippen LogP contribution < -0.4 is 4.74 Å². The first-order chi connectivity index (χ1) is 11.3. The Kier molecular flexibility index (Phi) is 6.71. The van der Waals surface area contributed by atoms with Crippen LogP contribution in [0.15, 0.2) is 12.1 Å². The summed E-state index contributed by atoms with van der Waals surface area (Å²) in [7, 11) is 0. The number of hydrogen-bond acceptors (Lipinski definition) is 1. The van der Waals surface area contributed by atoms with Gasteiger partial charge in [-0.25, -0.2) is 0 Å². The molecule has 26 heavy (non-hydrogen) atoms. The predicted octanol–water partition coefficient (Wildman–Crippen LogP) is 7.63. The van der Waals surface area contributed by atoms with Crippen LogP contribution in [0.3, 0.4) is 0 Å². The average molecular weight is 361 g/mol. The van der Waals surface area contributed by atoms with E-state index in [1.54, 1.807) is 0 Å². The topological polar surface area (TPSA) is 9.23 Å². The first-order valence-electron chi connectivity index (χ1n) is 10.2. The number of ether oxygens (including phenoxy) is 1. The highest BCUT2D eigenvalue weighted by Crippen LogP contribution is 2.38. The van der Waals surface area contributed by atoms with Gasteiger partial charge in [-0.05, 0) is 73.0 Å². The van der Waals surface area contributed by atoms with Crippen LogP contribution in [-0.2, 0) is 19.3 Å². The molecular weight excluding hydrogens is 316 g/mol. The Labute approximate surface area is 163 Å². The summed E-state index contributed by atoms with van der Waals surface area (Å²) in [6.45, 7) is 27.3. The van der Waals surface area contributed by atoms with Crippen molar-refractivity contribution in [2.24, 2.45) is 16.2 Å². The normalized spacial score (nSPS) is 13.8. The minimum absolute atomic E-state index is 0.190. The van der Waals surface area contributed by atoms with E-state index in [9.17, 15) is 0 Å². The highest BCUT2D eigenvalue weighted by atomic mass is 16.5. The van der Waals surface area contributed by atoms with E-state index in [0.29, 0.717) is 0 Å². The van der Waals surface area contributed by atoms with E-state index in [2.05, 4.69) is 95.2 Å². The van der Waals surface area contributed by atoms with E-state index >= 15 is 0 Å². The van der Waals surface area contributed by atoms with Gasteiger partial charge in [0.25, 0.3) is 0 Å².